The summed E-state index contributed by atoms with van der Waals surface area (Å²) in [5, 5.41) is 4.24. The van der Waals surface area contributed by atoms with Crippen LogP contribution in [0, 0.1) is 0 Å². The van der Waals surface area contributed by atoms with Crippen LogP contribution in [0.25, 0.3) is 0 Å². The highest BCUT2D eigenvalue weighted by molar-refractivity contribution is 6.04. The topological polar surface area (TPSA) is 51.1 Å². The minimum absolute atomic E-state index is 0.00654. The molecule has 1 spiro atoms. The van der Waals surface area contributed by atoms with Gasteiger partial charge in [-0.25, -0.2) is 0 Å². The number of benzene rings is 2. The normalized spacial score (nSPS) is 25.7. The van der Waals surface area contributed by atoms with Crippen LogP contribution >= 0.6 is 0 Å². The third-order valence-corrected chi connectivity index (χ3v) is 6.37. The maximum absolute atomic E-state index is 13.7. The molecule has 2 heterocycles. The number of carbonyl (C=O) groups is 1. The number of carbonyl (C=O) groups excluding carboxylic acids is 1. The van der Waals surface area contributed by atoms with Gasteiger partial charge in [-0.15, -0.1) is 0 Å². The molecule has 2 aliphatic heterocycles. The zero-order valence-corrected chi connectivity index (χ0v) is 16.5. The Labute approximate surface area is 171 Å². The summed E-state index contributed by atoms with van der Waals surface area (Å²) in [4.78, 5) is 21.4. The zero-order valence-electron chi connectivity index (χ0n) is 16.5. The molecule has 1 aliphatic carbocycles. The second kappa shape index (κ2) is 7.64. The molecule has 2 aromatic carbocycles. The molecular formula is C24H26N2O3. The summed E-state index contributed by atoms with van der Waals surface area (Å²) in [7, 11) is 0. The summed E-state index contributed by atoms with van der Waals surface area (Å²) in [5.74, 6) is -0.00654. The molecule has 150 valence electrons. The van der Waals surface area contributed by atoms with Crippen LogP contribution in [0.3, 0.4) is 0 Å². The van der Waals surface area contributed by atoms with Gasteiger partial charge < -0.3 is 14.5 Å². The van der Waals surface area contributed by atoms with E-state index in [1.54, 1.807) is 0 Å². The molecule has 0 unspecified atom stereocenters. The average Bonchev–Trinajstić information content (AvgIpc) is 3.41. The fraction of sp³-hybridized carbons (Fsp3) is 0.417. The van der Waals surface area contributed by atoms with Crippen LogP contribution in [0.2, 0.25) is 0 Å². The van der Waals surface area contributed by atoms with Gasteiger partial charge in [-0.2, -0.15) is 0 Å². The molecule has 5 rings (SSSR count). The standard InChI is InChI=1S/C24H26N2O3/c27-23(22-16-20(25-29-22)18-10-4-1-5-11-18)26-21(19-12-6-2-7-13-19)17-28-24(26)14-8-3-9-15-24/h1-2,4-7,10-13,21-22H,3,8-9,14-17H2/t21-,22+/m0/s1. The fourth-order valence-corrected chi connectivity index (χ4v) is 4.89. The monoisotopic (exact) mass is 390 g/mol. The molecule has 2 aromatic rings. The van der Waals surface area contributed by atoms with Gasteiger partial charge in [-0.3, -0.25) is 4.79 Å². The molecule has 29 heavy (non-hydrogen) atoms. The SMILES string of the molecule is O=C([C@H]1CC(c2ccccc2)=NO1)N1[C@H](c2ccccc2)COC12CCCCC2. The number of amides is 1. The van der Waals surface area contributed by atoms with E-state index < -0.39 is 11.8 Å². The van der Waals surface area contributed by atoms with Crippen molar-refractivity contribution in [1.29, 1.82) is 0 Å². The van der Waals surface area contributed by atoms with E-state index >= 15 is 0 Å². The van der Waals surface area contributed by atoms with E-state index in [0.29, 0.717) is 13.0 Å². The summed E-state index contributed by atoms with van der Waals surface area (Å²) in [6.07, 6.45) is 5.06. The summed E-state index contributed by atoms with van der Waals surface area (Å²) in [6, 6.07) is 20.1. The smallest absolute Gasteiger partial charge is 0.269 e. The van der Waals surface area contributed by atoms with Crippen LogP contribution in [0.15, 0.2) is 65.8 Å². The Bertz CT molecular complexity index is 891. The van der Waals surface area contributed by atoms with Crippen molar-refractivity contribution in [3.05, 3.63) is 71.8 Å². The third-order valence-electron chi connectivity index (χ3n) is 6.37. The Balaban J connectivity index is 1.42. The first-order valence-corrected chi connectivity index (χ1v) is 10.6. The van der Waals surface area contributed by atoms with E-state index in [2.05, 4.69) is 17.3 Å². The van der Waals surface area contributed by atoms with Crippen molar-refractivity contribution in [2.45, 2.75) is 56.4 Å². The van der Waals surface area contributed by atoms with Crippen molar-refractivity contribution in [3.8, 4) is 0 Å². The van der Waals surface area contributed by atoms with Gasteiger partial charge in [-0.05, 0) is 36.8 Å². The van der Waals surface area contributed by atoms with E-state index in [-0.39, 0.29) is 11.9 Å². The van der Waals surface area contributed by atoms with Crippen molar-refractivity contribution in [3.63, 3.8) is 0 Å². The first kappa shape index (κ1) is 18.4. The molecule has 2 atom stereocenters. The first-order chi connectivity index (χ1) is 14.3. The zero-order chi connectivity index (χ0) is 19.7. The molecule has 3 aliphatic rings. The minimum Gasteiger partial charge on any atom is -0.382 e. The maximum atomic E-state index is 13.7. The Morgan fingerprint density at radius 2 is 1.66 bits per heavy atom. The summed E-state index contributed by atoms with van der Waals surface area (Å²) in [6.45, 7) is 0.537. The predicted octanol–water partition coefficient (Wildman–Crippen LogP) is 4.44. The van der Waals surface area contributed by atoms with E-state index in [9.17, 15) is 4.79 Å². The van der Waals surface area contributed by atoms with Crippen LogP contribution in [0.5, 0.6) is 0 Å². The molecule has 1 saturated heterocycles. The van der Waals surface area contributed by atoms with Gasteiger partial charge in [0.05, 0.1) is 18.4 Å². The van der Waals surface area contributed by atoms with Crippen molar-refractivity contribution in [2.24, 2.45) is 5.16 Å². The molecule has 0 radical (unpaired) electrons. The Kier molecular flexibility index (Phi) is 4.84. The van der Waals surface area contributed by atoms with Crippen molar-refractivity contribution in [1.82, 2.24) is 4.90 Å². The van der Waals surface area contributed by atoms with Crippen molar-refractivity contribution in [2.75, 3.05) is 6.61 Å². The summed E-state index contributed by atoms with van der Waals surface area (Å²) >= 11 is 0. The molecule has 1 saturated carbocycles. The van der Waals surface area contributed by atoms with Gasteiger partial charge in [0.25, 0.3) is 5.91 Å². The van der Waals surface area contributed by atoms with Crippen LogP contribution < -0.4 is 0 Å². The first-order valence-electron chi connectivity index (χ1n) is 10.6. The molecule has 0 aromatic heterocycles. The Morgan fingerprint density at radius 1 is 0.966 bits per heavy atom. The van der Waals surface area contributed by atoms with Crippen LogP contribution in [-0.2, 0) is 14.4 Å². The lowest BCUT2D eigenvalue weighted by Crippen LogP contribution is -2.53. The lowest BCUT2D eigenvalue weighted by Gasteiger charge is -2.42. The summed E-state index contributed by atoms with van der Waals surface area (Å²) < 4.78 is 6.37. The molecule has 0 N–H and O–H groups in total. The number of oxime groups is 1. The highest BCUT2D eigenvalue weighted by Crippen LogP contribution is 2.46. The number of hydrogen-bond donors (Lipinski definition) is 0. The molecule has 0 bridgehead atoms. The molecule has 5 nitrogen and oxygen atoms in total. The molecule has 1 amide bonds. The number of ether oxygens (including phenoxy) is 1. The van der Waals surface area contributed by atoms with Crippen LogP contribution in [0.1, 0.15) is 55.7 Å². The van der Waals surface area contributed by atoms with Crippen molar-refractivity contribution < 1.29 is 14.4 Å². The van der Waals surface area contributed by atoms with Crippen molar-refractivity contribution >= 4 is 11.6 Å². The fourth-order valence-electron chi connectivity index (χ4n) is 4.89. The van der Waals surface area contributed by atoms with E-state index in [1.165, 1.54) is 6.42 Å². The van der Waals surface area contributed by atoms with E-state index in [4.69, 9.17) is 9.57 Å². The van der Waals surface area contributed by atoms with Gasteiger partial charge in [0.2, 0.25) is 6.10 Å². The van der Waals surface area contributed by atoms with E-state index in [1.807, 2.05) is 53.4 Å². The molecule has 5 heteroatoms. The Hall–Kier alpha value is -2.66. The van der Waals surface area contributed by atoms with Crippen LogP contribution in [0.4, 0.5) is 0 Å². The van der Waals surface area contributed by atoms with Gasteiger partial charge >= 0.3 is 0 Å². The summed E-state index contributed by atoms with van der Waals surface area (Å²) in [5.41, 5.74) is 2.45. The third kappa shape index (κ3) is 3.33. The van der Waals surface area contributed by atoms with Gasteiger partial charge in [-0.1, -0.05) is 72.2 Å². The highest BCUT2D eigenvalue weighted by atomic mass is 16.6. The van der Waals surface area contributed by atoms with Gasteiger partial charge in [0.15, 0.2) is 0 Å². The van der Waals surface area contributed by atoms with E-state index in [0.717, 1.165) is 42.5 Å². The van der Waals surface area contributed by atoms with Gasteiger partial charge in [0.1, 0.15) is 5.72 Å². The van der Waals surface area contributed by atoms with Crippen LogP contribution in [-0.4, -0.2) is 35.0 Å². The molecule has 2 fully saturated rings. The number of nitrogens with zero attached hydrogens (tertiary/aromatic N) is 2. The lowest BCUT2D eigenvalue weighted by atomic mass is 9.89. The largest absolute Gasteiger partial charge is 0.382 e. The second-order valence-electron chi connectivity index (χ2n) is 8.15. The Morgan fingerprint density at radius 3 is 2.38 bits per heavy atom. The maximum Gasteiger partial charge on any atom is 0.269 e. The highest BCUT2D eigenvalue weighted by Gasteiger charge is 2.53. The minimum atomic E-state index is -0.586. The molecular weight excluding hydrogens is 364 g/mol. The quantitative estimate of drug-likeness (QED) is 0.779. The predicted molar refractivity (Wildman–Crippen MR) is 110 cm³/mol. The number of hydrogen-bond acceptors (Lipinski definition) is 4. The number of rotatable bonds is 3. The lowest BCUT2D eigenvalue weighted by molar-refractivity contribution is -0.167. The second-order valence-corrected chi connectivity index (χ2v) is 8.15. The van der Waals surface area contributed by atoms with Gasteiger partial charge in [0, 0.05) is 6.42 Å². The average molecular weight is 390 g/mol.